The summed E-state index contributed by atoms with van der Waals surface area (Å²) in [5.41, 5.74) is 7.27. The molecular formula is C9H10N2. The molecule has 0 radical (unpaired) electrons. The van der Waals surface area contributed by atoms with Crippen LogP contribution >= 0.6 is 0 Å². The lowest BCUT2D eigenvalue weighted by molar-refractivity contribution is 0.780. The molecule has 1 rings (SSSR count). The van der Waals surface area contributed by atoms with Crippen LogP contribution < -0.4 is 5.73 Å². The number of nitrogens with zero attached hydrogens (tertiary/aromatic N) is 1. The average Bonchev–Trinajstić information content (AvgIpc) is 2.05. The Morgan fingerprint density at radius 1 is 1.73 bits per heavy atom. The molecule has 0 aliphatic heterocycles. The number of terminal acetylenes is 1. The number of hydrogen-bond acceptors (Lipinski definition) is 2. The van der Waals surface area contributed by atoms with E-state index in [2.05, 4.69) is 10.9 Å². The minimum Gasteiger partial charge on any atom is -0.323 e. The van der Waals surface area contributed by atoms with Gasteiger partial charge in [-0.05, 0) is 19.1 Å². The summed E-state index contributed by atoms with van der Waals surface area (Å²) in [7, 11) is 0. The van der Waals surface area contributed by atoms with Crippen LogP contribution in [-0.2, 0) is 0 Å². The highest BCUT2D eigenvalue weighted by Crippen LogP contribution is 2.06. The molecule has 0 aromatic carbocycles. The Bertz CT molecular complexity index is 284. The third-order valence-electron chi connectivity index (χ3n) is 1.41. The average molecular weight is 146 g/mol. The van der Waals surface area contributed by atoms with Gasteiger partial charge in [0, 0.05) is 17.8 Å². The summed E-state index contributed by atoms with van der Waals surface area (Å²) in [4.78, 5) is 4.07. The molecule has 0 fully saturated rings. The quantitative estimate of drug-likeness (QED) is 0.602. The molecule has 11 heavy (non-hydrogen) atoms. The fourth-order valence-electron chi connectivity index (χ4n) is 0.787. The Morgan fingerprint density at radius 3 is 3.00 bits per heavy atom. The van der Waals surface area contributed by atoms with Crippen LogP contribution in [0.2, 0.25) is 0 Å². The lowest BCUT2D eigenvalue weighted by atomic mass is 10.2. The van der Waals surface area contributed by atoms with E-state index in [1.165, 1.54) is 0 Å². The van der Waals surface area contributed by atoms with Gasteiger partial charge < -0.3 is 5.73 Å². The van der Waals surface area contributed by atoms with Gasteiger partial charge >= 0.3 is 0 Å². The summed E-state index contributed by atoms with van der Waals surface area (Å²) in [5.74, 6) is 2.53. The molecule has 1 heterocycles. The van der Waals surface area contributed by atoms with E-state index in [9.17, 15) is 0 Å². The third-order valence-corrected chi connectivity index (χ3v) is 1.41. The number of rotatable bonds is 1. The minimum atomic E-state index is -0.0525. The third kappa shape index (κ3) is 1.79. The molecule has 0 saturated heterocycles. The number of hydrogen-bond donors (Lipinski definition) is 1. The number of nitrogens with two attached hydrogens (primary N) is 1. The second-order valence-corrected chi connectivity index (χ2v) is 2.40. The number of aromatic nitrogens is 1. The maximum absolute atomic E-state index is 5.61. The highest BCUT2D eigenvalue weighted by atomic mass is 14.7. The highest BCUT2D eigenvalue weighted by molar-refractivity contribution is 5.32. The van der Waals surface area contributed by atoms with E-state index in [1.807, 2.05) is 13.0 Å². The molecule has 2 heteroatoms. The first-order chi connectivity index (χ1) is 5.24. The van der Waals surface area contributed by atoms with Crippen molar-refractivity contribution in [2.24, 2.45) is 5.73 Å². The van der Waals surface area contributed by atoms with Crippen molar-refractivity contribution < 1.29 is 0 Å². The highest BCUT2D eigenvalue weighted by Gasteiger charge is 1.99. The van der Waals surface area contributed by atoms with Crippen molar-refractivity contribution in [3.63, 3.8) is 0 Å². The molecule has 2 nitrogen and oxygen atoms in total. The largest absolute Gasteiger partial charge is 0.323 e. The molecule has 1 unspecified atom stereocenters. The van der Waals surface area contributed by atoms with Crippen LogP contribution in [0.25, 0.3) is 0 Å². The molecule has 56 valence electrons. The van der Waals surface area contributed by atoms with Crippen LogP contribution in [0, 0.1) is 12.3 Å². The molecule has 1 atom stereocenters. The number of pyridine rings is 1. The first-order valence-corrected chi connectivity index (χ1v) is 3.42. The van der Waals surface area contributed by atoms with Gasteiger partial charge in [0.15, 0.2) is 0 Å². The maximum atomic E-state index is 5.61. The van der Waals surface area contributed by atoms with E-state index in [4.69, 9.17) is 12.2 Å². The Kier molecular flexibility index (Phi) is 2.25. The minimum absolute atomic E-state index is 0.0525. The van der Waals surface area contributed by atoms with Crippen molar-refractivity contribution in [3.05, 3.63) is 29.6 Å². The Hall–Kier alpha value is -1.33. The van der Waals surface area contributed by atoms with Crippen molar-refractivity contribution in [1.29, 1.82) is 0 Å². The Labute approximate surface area is 66.4 Å². The molecule has 1 aromatic heterocycles. The van der Waals surface area contributed by atoms with E-state index in [0.29, 0.717) is 0 Å². The second kappa shape index (κ2) is 3.18. The zero-order chi connectivity index (χ0) is 8.27. The lowest BCUT2D eigenvalue weighted by Gasteiger charge is -2.02. The van der Waals surface area contributed by atoms with Gasteiger partial charge in [0.2, 0.25) is 0 Å². The zero-order valence-electron chi connectivity index (χ0n) is 6.41. The predicted molar refractivity (Wildman–Crippen MR) is 44.8 cm³/mol. The molecule has 2 N–H and O–H groups in total. The van der Waals surface area contributed by atoms with Crippen LogP contribution in [0.15, 0.2) is 18.3 Å². The molecule has 1 aromatic rings. The van der Waals surface area contributed by atoms with E-state index in [1.54, 1.807) is 12.3 Å². The molecule has 0 amide bonds. The van der Waals surface area contributed by atoms with Crippen LogP contribution in [0.4, 0.5) is 0 Å². The fourth-order valence-corrected chi connectivity index (χ4v) is 0.787. The van der Waals surface area contributed by atoms with Crippen LogP contribution in [-0.4, -0.2) is 4.98 Å². The summed E-state index contributed by atoms with van der Waals surface area (Å²) >= 11 is 0. The van der Waals surface area contributed by atoms with Crippen LogP contribution in [0.1, 0.15) is 24.2 Å². The monoisotopic (exact) mass is 146 g/mol. The first kappa shape index (κ1) is 7.77. The lowest BCUT2D eigenvalue weighted by Crippen LogP contribution is -2.06. The van der Waals surface area contributed by atoms with Gasteiger partial charge in [-0.3, -0.25) is 4.98 Å². The van der Waals surface area contributed by atoms with E-state index >= 15 is 0 Å². The summed E-state index contributed by atoms with van der Waals surface area (Å²) < 4.78 is 0. The van der Waals surface area contributed by atoms with Crippen LogP contribution in [0.5, 0.6) is 0 Å². The molecule has 0 aliphatic carbocycles. The van der Waals surface area contributed by atoms with E-state index < -0.39 is 0 Å². The smallest absolute Gasteiger partial charge is 0.0580 e. The van der Waals surface area contributed by atoms with E-state index in [-0.39, 0.29) is 6.04 Å². The molecule has 0 aliphatic rings. The summed E-state index contributed by atoms with van der Waals surface area (Å²) in [5, 5.41) is 0. The summed E-state index contributed by atoms with van der Waals surface area (Å²) in [6.07, 6.45) is 6.87. The SMILES string of the molecule is C#Cc1ccnc(C(C)N)c1. The molecular weight excluding hydrogens is 136 g/mol. The predicted octanol–water partition coefficient (Wildman–Crippen LogP) is 1.08. The van der Waals surface area contributed by atoms with Gasteiger partial charge in [0.25, 0.3) is 0 Å². The van der Waals surface area contributed by atoms with Crippen molar-refractivity contribution in [3.8, 4) is 12.3 Å². The van der Waals surface area contributed by atoms with Gasteiger partial charge in [-0.15, -0.1) is 6.42 Å². The fraction of sp³-hybridized carbons (Fsp3) is 0.222. The molecule has 0 spiro atoms. The zero-order valence-corrected chi connectivity index (χ0v) is 6.41. The van der Waals surface area contributed by atoms with Crippen LogP contribution in [0.3, 0.4) is 0 Å². The molecule has 0 saturated carbocycles. The van der Waals surface area contributed by atoms with Gasteiger partial charge in [0.05, 0.1) is 5.69 Å². The summed E-state index contributed by atoms with van der Waals surface area (Å²) in [6.45, 7) is 1.88. The topological polar surface area (TPSA) is 38.9 Å². The van der Waals surface area contributed by atoms with Crippen molar-refractivity contribution >= 4 is 0 Å². The first-order valence-electron chi connectivity index (χ1n) is 3.42. The van der Waals surface area contributed by atoms with Gasteiger partial charge in [-0.1, -0.05) is 5.92 Å². The van der Waals surface area contributed by atoms with Crippen molar-refractivity contribution in [1.82, 2.24) is 4.98 Å². The van der Waals surface area contributed by atoms with Crippen molar-refractivity contribution in [2.45, 2.75) is 13.0 Å². The Morgan fingerprint density at radius 2 is 2.45 bits per heavy atom. The molecule has 0 bridgehead atoms. The second-order valence-electron chi connectivity index (χ2n) is 2.40. The normalized spacial score (nSPS) is 12.1. The van der Waals surface area contributed by atoms with Gasteiger partial charge in [-0.2, -0.15) is 0 Å². The van der Waals surface area contributed by atoms with Crippen molar-refractivity contribution in [2.75, 3.05) is 0 Å². The van der Waals surface area contributed by atoms with Gasteiger partial charge in [0.1, 0.15) is 0 Å². The Balaban J connectivity index is 3.03. The maximum Gasteiger partial charge on any atom is 0.0580 e. The van der Waals surface area contributed by atoms with Gasteiger partial charge in [-0.25, -0.2) is 0 Å². The summed E-state index contributed by atoms with van der Waals surface area (Å²) in [6, 6.07) is 3.56. The van der Waals surface area contributed by atoms with E-state index in [0.717, 1.165) is 11.3 Å². The standard InChI is InChI=1S/C9H10N2/c1-3-8-4-5-11-9(6-8)7(2)10/h1,4-7H,10H2,2H3.